The lowest BCUT2D eigenvalue weighted by Gasteiger charge is -2.08. The molecule has 1 heterocycles. The number of pyridine rings is 1. The molecule has 0 bridgehead atoms. The molecule has 0 atom stereocenters. The van der Waals surface area contributed by atoms with Gasteiger partial charge in [-0.25, -0.2) is 0 Å². The van der Waals surface area contributed by atoms with Crippen molar-refractivity contribution in [2.45, 2.75) is 6.42 Å². The largest absolute Gasteiger partial charge is 0.492 e. The van der Waals surface area contributed by atoms with Gasteiger partial charge < -0.3 is 10.5 Å². The molecule has 3 nitrogen and oxygen atoms in total. The van der Waals surface area contributed by atoms with E-state index in [0.717, 1.165) is 12.0 Å². The summed E-state index contributed by atoms with van der Waals surface area (Å²) in [6.45, 7) is 0.565. The summed E-state index contributed by atoms with van der Waals surface area (Å²) in [5, 5.41) is 0.538. The Morgan fingerprint density at radius 3 is 2.88 bits per heavy atom. The molecule has 88 valence electrons. The Hall–Kier alpha value is -1.74. The van der Waals surface area contributed by atoms with Gasteiger partial charge in [0.25, 0.3) is 0 Å². The van der Waals surface area contributed by atoms with Gasteiger partial charge in [0.1, 0.15) is 5.75 Å². The van der Waals surface area contributed by atoms with Crippen LogP contribution in [0.2, 0.25) is 5.02 Å². The van der Waals surface area contributed by atoms with Crippen molar-refractivity contribution in [1.82, 2.24) is 4.98 Å². The van der Waals surface area contributed by atoms with Crippen LogP contribution in [0.3, 0.4) is 0 Å². The van der Waals surface area contributed by atoms with Crippen molar-refractivity contribution in [1.29, 1.82) is 0 Å². The number of nitrogens with zero attached hydrogens (tertiary/aromatic N) is 1. The number of hydrogen-bond acceptors (Lipinski definition) is 3. The maximum absolute atomic E-state index is 5.99. The van der Waals surface area contributed by atoms with Gasteiger partial charge in [-0.2, -0.15) is 0 Å². The summed E-state index contributed by atoms with van der Waals surface area (Å²) in [5.41, 5.74) is 7.37. The minimum Gasteiger partial charge on any atom is -0.492 e. The van der Waals surface area contributed by atoms with Crippen LogP contribution in [0.15, 0.2) is 42.7 Å². The third kappa shape index (κ3) is 3.36. The monoisotopic (exact) mass is 248 g/mol. The Kier molecular flexibility index (Phi) is 3.83. The smallest absolute Gasteiger partial charge is 0.138 e. The quantitative estimate of drug-likeness (QED) is 0.847. The highest BCUT2D eigenvalue weighted by atomic mass is 35.5. The highest BCUT2D eigenvalue weighted by Gasteiger charge is 2.01. The molecule has 0 spiro atoms. The van der Waals surface area contributed by atoms with Crippen LogP contribution in [-0.2, 0) is 6.42 Å². The molecule has 1 aromatic carbocycles. The average molecular weight is 249 g/mol. The van der Waals surface area contributed by atoms with Crippen LogP contribution in [-0.4, -0.2) is 11.6 Å². The van der Waals surface area contributed by atoms with Crippen LogP contribution in [0, 0.1) is 0 Å². The zero-order valence-electron chi connectivity index (χ0n) is 9.27. The molecule has 0 aliphatic carbocycles. The Labute approximate surface area is 105 Å². The van der Waals surface area contributed by atoms with E-state index in [0.29, 0.717) is 23.1 Å². The van der Waals surface area contributed by atoms with Gasteiger partial charge in [-0.3, -0.25) is 4.98 Å². The zero-order valence-corrected chi connectivity index (χ0v) is 10.0. The first-order chi connectivity index (χ1) is 8.25. The number of hydrogen-bond donors (Lipinski definition) is 1. The molecule has 4 heteroatoms. The highest BCUT2D eigenvalue weighted by Crippen LogP contribution is 2.26. The van der Waals surface area contributed by atoms with E-state index >= 15 is 0 Å². The number of ether oxygens (including phenoxy) is 1. The van der Waals surface area contributed by atoms with Crippen LogP contribution in [0.4, 0.5) is 5.69 Å². The Balaban J connectivity index is 1.90. The van der Waals surface area contributed by atoms with Gasteiger partial charge in [0.2, 0.25) is 0 Å². The molecule has 17 heavy (non-hydrogen) atoms. The van der Waals surface area contributed by atoms with Crippen LogP contribution in [0.5, 0.6) is 5.75 Å². The predicted molar refractivity (Wildman–Crippen MR) is 69.3 cm³/mol. The average Bonchev–Trinajstić information content (AvgIpc) is 2.33. The SMILES string of the molecule is Nc1ccc(OCCc2cccnc2)c(Cl)c1. The molecule has 2 N–H and O–H groups in total. The van der Waals surface area contributed by atoms with Gasteiger partial charge in [0.15, 0.2) is 0 Å². The number of nitrogen functional groups attached to an aromatic ring is 1. The maximum atomic E-state index is 5.99. The number of aromatic nitrogens is 1. The van der Waals surface area contributed by atoms with Gasteiger partial charge in [-0.1, -0.05) is 17.7 Å². The van der Waals surface area contributed by atoms with Crippen LogP contribution in [0.1, 0.15) is 5.56 Å². The molecule has 0 unspecified atom stereocenters. The summed E-state index contributed by atoms with van der Waals surface area (Å²) < 4.78 is 5.58. The fraction of sp³-hybridized carbons (Fsp3) is 0.154. The topological polar surface area (TPSA) is 48.1 Å². The van der Waals surface area contributed by atoms with Crippen molar-refractivity contribution in [2.75, 3.05) is 12.3 Å². The molecule has 0 saturated carbocycles. The summed E-state index contributed by atoms with van der Waals surface area (Å²) in [4.78, 5) is 4.04. The van der Waals surface area contributed by atoms with Crippen molar-refractivity contribution in [3.05, 3.63) is 53.3 Å². The first kappa shape index (κ1) is 11.7. The normalized spacial score (nSPS) is 10.2. The molecule has 0 fully saturated rings. The lowest BCUT2D eigenvalue weighted by molar-refractivity contribution is 0.322. The lowest BCUT2D eigenvalue weighted by atomic mass is 10.2. The second-order valence-electron chi connectivity index (χ2n) is 3.65. The van der Waals surface area contributed by atoms with E-state index in [-0.39, 0.29) is 0 Å². The Morgan fingerprint density at radius 2 is 2.18 bits per heavy atom. The molecule has 2 rings (SSSR count). The maximum Gasteiger partial charge on any atom is 0.138 e. The molecule has 2 aromatic rings. The third-order valence-electron chi connectivity index (χ3n) is 2.33. The summed E-state index contributed by atoms with van der Waals surface area (Å²) in [6, 6.07) is 9.15. The second kappa shape index (κ2) is 5.55. The molecular formula is C13H13ClN2O. The Morgan fingerprint density at radius 1 is 1.29 bits per heavy atom. The fourth-order valence-corrected chi connectivity index (χ4v) is 1.70. The minimum atomic E-state index is 0.538. The summed E-state index contributed by atoms with van der Waals surface area (Å²) in [5.74, 6) is 0.657. The third-order valence-corrected chi connectivity index (χ3v) is 2.62. The van der Waals surface area contributed by atoms with Crippen LogP contribution < -0.4 is 10.5 Å². The number of anilines is 1. The second-order valence-corrected chi connectivity index (χ2v) is 4.06. The van der Waals surface area contributed by atoms with Crippen molar-refractivity contribution < 1.29 is 4.74 Å². The summed E-state index contributed by atoms with van der Waals surface area (Å²) in [7, 11) is 0. The van der Waals surface area contributed by atoms with Gasteiger partial charge in [0.05, 0.1) is 11.6 Å². The molecule has 0 aliphatic rings. The van der Waals surface area contributed by atoms with E-state index in [9.17, 15) is 0 Å². The first-order valence-electron chi connectivity index (χ1n) is 5.32. The molecule has 0 saturated heterocycles. The highest BCUT2D eigenvalue weighted by molar-refractivity contribution is 6.32. The fourth-order valence-electron chi connectivity index (χ4n) is 1.46. The van der Waals surface area contributed by atoms with E-state index in [2.05, 4.69) is 4.98 Å². The number of nitrogens with two attached hydrogens (primary N) is 1. The van der Waals surface area contributed by atoms with Gasteiger partial charge in [-0.15, -0.1) is 0 Å². The van der Waals surface area contributed by atoms with E-state index in [1.54, 1.807) is 24.4 Å². The number of rotatable bonds is 4. The number of benzene rings is 1. The number of halogens is 1. The predicted octanol–water partition coefficient (Wildman–Crippen LogP) is 2.94. The van der Waals surface area contributed by atoms with E-state index in [1.807, 2.05) is 18.3 Å². The van der Waals surface area contributed by atoms with Crippen molar-refractivity contribution >= 4 is 17.3 Å². The van der Waals surface area contributed by atoms with Crippen molar-refractivity contribution in [3.8, 4) is 5.75 Å². The minimum absolute atomic E-state index is 0.538. The molecule has 1 aromatic heterocycles. The zero-order chi connectivity index (χ0) is 12.1. The van der Waals surface area contributed by atoms with Crippen LogP contribution >= 0.6 is 11.6 Å². The van der Waals surface area contributed by atoms with Crippen molar-refractivity contribution in [3.63, 3.8) is 0 Å². The van der Waals surface area contributed by atoms with E-state index < -0.39 is 0 Å². The van der Waals surface area contributed by atoms with Gasteiger partial charge >= 0.3 is 0 Å². The molecule has 0 aliphatic heterocycles. The lowest BCUT2D eigenvalue weighted by Crippen LogP contribution is -2.02. The molecule has 0 radical (unpaired) electrons. The van der Waals surface area contributed by atoms with Crippen molar-refractivity contribution in [2.24, 2.45) is 0 Å². The van der Waals surface area contributed by atoms with Gasteiger partial charge in [0, 0.05) is 24.5 Å². The standard InChI is InChI=1S/C13H13ClN2O/c14-12-8-11(15)3-4-13(12)17-7-5-10-2-1-6-16-9-10/h1-4,6,8-9H,5,7,15H2. The van der Waals surface area contributed by atoms with Gasteiger partial charge in [-0.05, 0) is 29.8 Å². The molecule has 0 amide bonds. The summed E-state index contributed by atoms with van der Waals surface area (Å²) in [6.07, 6.45) is 4.38. The first-order valence-corrected chi connectivity index (χ1v) is 5.70. The molecular weight excluding hydrogens is 236 g/mol. The van der Waals surface area contributed by atoms with E-state index in [1.165, 1.54) is 0 Å². The Bertz CT molecular complexity index is 488. The van der Waals surface area contributed by atoms with Crippen LogP contribution in [0.25, 0.3) is 0 Å². The summed E-state index contributed by atoms with van der Waals surface area (Å²) >= 11 is 5.99. The van der Waals surface area contributed by atoms with E-state index in [4.69, 9.17) is 22.1 Å².